The molecule has 0 aliphatic carbocycles. The summed E-state index contributed by atoms with van der Waals surface area (Å²) in [6.45, 7) is 2.57. The Morgan fingerprint density at radius 1 is 1.11 bits per heavy atom. The molecule has 2 unspecified atom stereocenters. The van der Waals surface area contributed by atoms with Gasteiger partial charge in [0.1, 0.15) is 24.4 Å². The standard InChI is InChI=1S/C14H25NO3S.C8H15NO9S/c1-2-3-4-5-6-7-8-9-10-18-14(17)13(11-19)15-12-16;1-3(11)9-8(19(15,16)17)7(14)6(13)5(12)4(2-10)18-8/h13,19H,2-11H2,1H3;4-7,10,12-14H,2H2,1H3,(H,9,11)(H,15,16,17)/t;4-,5+,6+,7-,8?/m.1/s1. The number of unbranched alkanes of at least 4 members (excludes halogenated alkanes) is 7. The molecule has 0 radical (unpaired) electrons. The fraction of sp³-hybridized carbons (Fsp3) is 0.864. The van der Waals surface area contributed by atoms with Gasteiger partial charge < -0.3 is 35.2 Å². The molecule has 1 heterocycles. The summed E-state index contributed by atoms with van der Waals surface area (Å²) in [5, 5.41) is 36.2. The number of amides is 1. The summed E-state index contributed by atoms with van der Waals surface area (Å²) in [5.74, 6) is -1.30. The van der Waals surface area contributed by atoms with Gasteiger partial charge in [0.2, 0.25) is 12.0 Å². The zero-order valence-electron chi connectivity index (χ0n) is 21.6. The summed E-state index contributed by atoms with van der Waals surface area (Å²) in [5.41, 5.74) is 0. The van der Waals surface area contributed by atoms with Crippen molar-refractivity contribution in [1.29, 1.82) is 0 Å². The molecule has 0 spiro atoms. The van der Waals surface area contributed by atoms with E-state index >= 15 is 0 Å². The normalized spacial score (nSPS) is 25.8. The van der Waals surface area contributed by atoms with Crippen LogP contribution in [0.3, 0.4) is 0 Å². The third-order valence-electron chi connectivity index (χ3n) is 5.58. The van der Waals surface area contributed by atoms with Gasteiger partial charge in [0, 0.05) is 12.7 Å². The average molecular weight is 589 g/mol. The van der Waals surface area contributed by atoms with Crippen molar-refractivity contribution in [2.45, 2.75) is 101 Å². The topological polar surface area (TPSA) is 229 Å². The molecule has 14 nitrogen and oxygen atoms in total. The van der Waals surface area contributed by atoms with Crippen LogP contribution in [0.15, 0.2) is 4.99 Å². The van der Waals surface area contributed by atoms with Crippen molar-refractivity contribution in [3.63, 3.8) is 0 Å². The highest BCUT2D eigenvalue weighted by Crippen LogP contribution is 2.32. The van der Waals surface area contributed by atoms with Gasteiger partial charge in [-0.2, -0.15) is 26.0 Å². The minimum Gasteiger partial charge on any atom is -0.464 e. The van der Waals surface area contributed by atoms with E-state index in [2.05, 4.69) is 24.5 Å². The lowest BCUT2D eigenvalue weighted by atomic mass is 9.98. The van der Waals surface area contributed by atoms with E-state index in [9.17, 15) is 38.1 Å². The first kappa shape index (κ1) is 36.4. The predicted molar refractivity (Wildman–Crippen MR) is 137 cm³/mol. The third kappa shape index (κ3) is 11.6. The SMILES string of the molecule is CC(=O)NC1(S(=O)(=O)O)O[C@H](CO)[C@H](O)[C@H](O)[C@H]1O.CCCCCCCCCCOC(=O)C(CS)N=C=O. The number of aliphatic hydroxyl groups excluding tert-OH is 4. The number of esters is 1. The number of carbonyl (C=O) groups excluding carboxylic acids is 3. The number of aliphatic imine (C=N–C) groups is 1. The average Bonchev–Trinajstić information content (AvgIpc) is 2.86. The number of ether oxygens (including phenoxy) is 2. The minimum absolute atomic E-state index is 0.172. The quantitative estimate of drug-likeness (QED) is 0.0319. The lowest BCUT2D eigenvalue weighted by Crippen LogP contribution is -2.73. The van der Waals surface area contributed by atoms with Crippen molar-refractivity contribution in [3.8, 4) is 0 Å². The highest BCUT2D eigenvalue weighted by molar-refractivity contribution is 7.87. The number of hydrogen-bond donors (Lipinski definition) is 7. The van der Waals surface area contributed by atoms with Gasteiger partial charge >= 0.3 is 21.1 Å². The third-order valence-corrected chi connectivity index (χ3v) is 7.13. The zero-order chi connectivity index (χ0) is 29.4. The Balaban J connectivity index is 0.000000721. The van der Waals surface area contributed by atoms with Crippen LogP contribution in [0, 0.1) is 0 Å². The lowest BCUT2D eigenvalue weighted by molar-refractivity contribution is -0.253. The Labute approximate surface area is 228 Å². The van der Waals surface area contributed by atoms with E-state index in [1.807, 2.05) is 0 Å². The number of isocyanates is 1. The van der Waals surface area contributed by atoms with Gasteiger partial charge in [0.25, 0.3) is 0 Å². The molecule has 1 amide bonds. The minimum atomic E-state index is -5.22. The molecule has 6 N–H and O–H groups in total. The fourth-order valence-corrected chi connectivity index (χ4v) is 4.70. The first-order valence-corrected chi connectivity index (χ1v) is 14.3. The van der Waals surface area contributed by atoms with Crippen molar-refractivity contribution in [1.82, 2.24) is 5.32 Å². The molecule has 1 aliphatic heterocycles. The van der Waals surface area contributed by atoms with E-state index in [0.29, 0.717) is 6.61 Å². The maximum absolute atomic E-state index is 11.4. The van der Waals surface area contributed by atoms with Crippen molar-refractivity contribution in [2.75, 3.05) is 19.0 Å². The maximum Gasteiger partial charge on any atom is 0.332 e. The second-order valence-electron chi connectivity index (χ2n) is 8.65. The van der Waals surface area contributed by atoms with Gasteiger partial charge in [-0.3, -0.25) is 9.35 Å². The van der Waals surface area contributed by atoms with Gasteiger partial charge in [-0.05, 0) is 6.42 Å². The van der Waals surface area contributed by atoms with Gasteiger partial charge in [0.15, 0.2) is 6.04 Å². The van der Waals surface area contributed by atoms with Gasteiger partial charge in [-0.25, -0.2) is 9.59 Å². The van der Waals surface area contributed by atoms with E-state index in [0.717, 1.165) is 19.8 Å². The van der Waals surface area contributed by atoms with Gasteiger partial charge in [0.05, 0.1) is 13.2 Å². The van der Waals surface area contributed by atoms with Crippen LogP contribution in [0.2, 0.25) is 0 Å². The van der Waals surface area contributed by atoms with Crippen LogP contribution in [0.1, 0.15) is 65.2 Å². The molecule has 1 saturated heterocycles. The second kappa shape index (κ2) is 18.6. The number of nitrogens with one attached hydrogen (secondary N) is 1. The van der Waals surface area contributed by atoms with Crippen molar-refractivity contribution in [3.05, 3.63) is 0 Å². The van der Waals surface area contributed by atoms with Crippen molar-refractivity contribution in [2.24, 2.45) is 4.99 Å². The van der Waals surface area contributed by atoms with Gasteiger partial charge in [-0.15, -0.1) is 0 Å². The van der Waals surface area contributed by atoms with E-state index in [1.54, 1.807) is 5.32 Å². The van der Waals surface area contributed by atoms with Crippen LogP contribution in [0.5, 0.6) is 0 Å². The molecule has 0 aromatic rings. The largest absolute Gasteiger partial charge is 0.464 e. The van der Waals surface area contributed by atoms with E-state index in [1.165, 1.54) is 44.6 Å². The van der Waals surface area contributed by atoms with Crippen molar-refractivity contribution >= 4 is 40.7 Å². The summed E-state index contributed by atoms with van der Waals surface area (Å²) in [4.78, 5) is 35.8. The molecular weight excluding hydrogens is 548 g/mol. The number of carbonyl (C=O) groups is 2. The fourth-order valence-electron chi connectivity index (χ4n) is 3.50. The van der Waals surface area contributed by atoms with Crippen LogP contribution in [-0.2, 0) is 34.0 Å². The number of thiol groups is 1. The maximum atomic E-state index is 11.4. The monoisotopic (exact) mass is 588 g/mol. The number of nitrogens with zero attached hydrogens (tertiary/aromatic N) is 1. The molecule has 1 rings (SSSR count). The molecule has 0 aromatic carbocycles. The summed E-state index contributed by atoms with van der Waals surface area (Å²) in [6, 6.07) is -0.810. The number of rotatable bonds is 15. The zero-order valence-corrected chi connectivity index (χ0v) is 23.3. The van der Waals surface area contributed by atoms with Crippen LogP contribution < -0.4 is 5.32 Å². The highest BCUT2D eigenvalue weighted by Gasteiger charge is 2.61. The molecule has 0 bridgehead atoms. The Morgan fingerprint density at radius 3 is 2.11 bits per heavy atom. The van der Waals surface area contributed by atoms with Crippen LogP contribution in [0.4, 0.5) is 0 Å². The predicted octanol–water partition coefficient (Wildman–Crippen LogP) is -0.558. The van der Waals surface area contributed by atoms with Gasteiger partial charge in [-0.1, -0.05) is 51.9 Å². The smallest absolute Gasteiger partial charge is 0.332 e. The number of hydrogen-bond acceptors (Lipinski definition) is 13. The highest BCUT2D eigenvalue weighted by atomic mass is 32.2. The van der Waals surface area contributed by atoms with Crippen LogP contribution in [-0.4, -0.2) is 106 Å². The Hall–Kier alpha value is -1.62. The number of aliphatic hydroxyl groups is 4. The van der Waals surface area contributed by atoms with E-state index in [-0.39, 0.29) is 5.75 Å². The first-order chi connectivity index (χ1) is 17.8. The Kier molecular flexibility index (Phi) is 17.8. The van der Waals surface area contributed by atoms with Crippen LogP contribution >= 0.6 is 12.6 Å². The summed E-state index contributed by atoms with van der Waals surface area (Å²) in [7, 11) is -5.22. The van der Waals surface area contributed by atoms with Crippen molar-refractivity contribution < 1.29 is 57.3 Å². The first-order valence-electron chi connectivity index (χ1n) is 12.3. The molecule has 0 aromatic heterocycles. The molecule has 1 aliphatic rings. The Morgan fingerprint density at radius 2 is 1.66 bits per heavy atom. The molecular formula is C22H40N2O12S2. The summed E-state index contributed by atoms with van der Waals surface area (Å²) >= 11 is 3.93. The lowest BCUT2D eigenvalue weighted by Gasteiger charge is -2.46. The molecule has 0 saturated carbocycles. The second-order valence-corrected chi connectivity index (χ2v) is 10.6. The van der Waals surface area contributed by atoms with Crippen LogP contribution in [0.25, 0.3) is 0 Å². The molecule has 6 atom stereocenters. The summed E-state index contributed by atoms with van der Waals surface area (Å²) < 4.78 is 41.6. The molecule has 38 heavy (non-hydrogen) atoms. The van der Waals surface area contributed by atoms with E-state index in [4.69, 9.17) is 19.1 Å². The molecule has 1 fully saturated rings. The van der Waals surface area contributed by atoms with E-state index < -0.39 is 64.1 Å². The molecule has 222 valence electrons. The Bertz CT molecular complexity index is 866. The molecule has 16 heteroatoms. The summed E-state index contributed by atoms with van der Waals surface area (Å²) in [6.07, 6.45) is 3.07.